The fourth-order valence-corrected chi connectivity index (χ4v) is 4.94. The number of carbonyl (C=O) groups excluding carboxylic acids is 3. The first-order valence-electron chi connectivity index (χ1n) is 7.25. The molecule has 8 heteroatoms. The van der Waals surface area contributed by atoms with E-state index in [-0.39, 0.29) is 23.5 Å². The summed E-state index contributed by atoms with van der Waals surface area (Å²) in [5.74, 6) is -1.45. The van der Waals surface area contributed by atoms with Crippen molar-refractivity contribution in [3.63, 3.8) is 0 Å². The Morgan fingerprint density at radius 3 is 2.75 bits per heavy atom. The zero-order valence-electron chi connectivity index (χ0n) is 12.8. The Hall–Kier alpha value is -1.80. The number of carbonyl (C=O) groups is 3. The number of fused-ring (bicyclic) bond motifs is 1. The molecular formula is C16H14BNO4S2. The molecule has 1 amide bonds. The van der Waals surface area contributed by atoms with Gasteiger partial charge in [0.25, 0.3) is 0 Å². The fraction of sp³-hybridized carbons (Fsp3) is 0.312. The van der Waals surface area contributed by atoms with Gasteiger partial charge in [0.15, 0.2) is 6.04 Å². The van der Waals surface area contributed by atoms with Gasteiger partial charge in [-0.25, -0.2) is 0 Å². The molecule has 3 atom stereocenters. The lowest BCUT2D eigenvalue weighted by atomic mass is 9.87. The Morgan fingerprint density at radius 2 is 2.12 bits per heavy atom. The standard InChI is InChI=1S/C16H14BNO4S2/c1-8-9(2)24-15-12(7-10(19)6-11-4-3-5-23-11)14(20)18(15)13(8)16(21)22-17/h3-5,12-13,15H,1-2,6-7H2/t12-,13?,15-/m1/s1. The number of hydrogen-bond donors (Lipinski definition) is 0. The van der Waals surface area contributed by atoms with E-state index in [0.29, 0.717) is 16.9 Å². The summed E-state index contributed by atoms with van der Waals surface area (Å²) in [7, 11) is 4.96. The molecule has 3 heterocycles. The highest BCUT2D eigenvalue weighted by molar-refractivity contribution is 8.04. The zero-order chi connectivity index (χ0) is 17.4. The monoisotopic (exact) mass is 359 g/mol. The second-order valence-electron chi connectivity index (χ2n) is 5.65. The molecule has 1 aromatic heterocycles. The van der Waals surface area contributed by atoms with Crippen LogP contribution in [-0.2, 0) is 25.5 Å². The Morgan fingerprint density at radius 1 is 1.38 bits per heavy atom. The van der Waals surface area contributed by atoms with Crippen LogP contribution in [0, 0.1) is 5.92 Å². The summed E-state index contributed by atoms with van der Waals surface area (Å²) in [6.07, 6.45) is 0.468. The van der Waals surface area contributed by atoms with Crippen LogP contribution in [0.15, 0.2) is 41.1 Å². The molecule has 2 fully saturated rings. The molecule has 2 saturated heterocycles. The first kappa shape index (κ1) is 17.0. The molecule has 1 unspecified atom stereocenters. The van der Waals surface area contributed by atoms with E-state index in [0.717, 1.165) is 4.88 Å². The molecular weight excluding hydrogens is 345 g/mol. The van der Waals surface area contributed by atoms with Crippen LogP contribution in [-0.4, -0.2) is 42.0 Å². The molecule has 2 aliphatic rings. The maximum absolute atomic E-state index is 12.5. The van der Waals surface area contributed by atoms with Crippen molar-refractivity contribution in [2.45, 2.75) is 24.3 Å². The number of thioether (sulfide) groups is 1. The molecule has 0 spiro atoms. The van der Waals surface area contributed by atoms with Crippen LogP contribution < -0.4 is 0 Å². The summed E-state index contributed by atoms with van der Waals surface area (Å²) >= 11 is 2.86. The second kappa shape index (κ2) is 6.60. The van der Waals surface area contributed by atoms with Gasteiger partial charge in [-0.1, -0.05) is 19.2 Å². The van der Waals surface area contributed by atoms with Crippen LogP contribution in [0.2, 0.25) is 0 Å². The van der Waals surface area contributed by atoms with Crippen molar-refractivity contribution in [3.05, 3.63) is 46.0 Å². The number of rotatable bonds is 5. The molecule has 0 N–H and O–H groups in total. The van der Waals surface area contributed by atoms with Crippen molar-refractivity contribution in [2.24, 2.45) is 5.92 Å². The molecule has 5 nitrogen and oxygen atoms in total. The lowest BCUT2D eigenvalue weighted by Gasteiger charge is -2.53. The van der Waals surface area contributed by atoms with Crippen molar-refractivity contribution >= 4 is 48.8 Å². The predicted molar refractivity (Wildman–Crippen MR) is 93.3 cm³/mol. The van der Waals surface area contributed by atoms with Gasteiger partial charge in [-0.15, -0.1) is 23.1 Å². The van der Waals surface area contributed by atoms with E-state index in [4.69, 9.17) is 8.05 Å². The number of nitrogens with zero attached hydrogens (tertiary/aromatic N) is 1. The summed E-state index contributed by atoms with van der Waals surface area (Å²) in [6, 6.07) is 2.83. The summed E-state index contributed by atoms with van der Waals surface area (Å²) in [6.45, 7) is 7.67. The summed E-state index contributed by atoms with van der Waals surface area (Å²) in [5, 5.41) is 1.60. The molecule has 0 bridgehead atoms. The van der Waals surface area contributed by atoms with Crippen LogP contribution in [0.1, 0.15) is 11.3 Å². The van der Waals surface area contributed by atoms with E-state index < -0.39 is 17.9 Å². The van der Waals surface area contributed by atoms with E-state index >= 15 is 0 Å². The van der Waals surface area contributed by atoms with Gasteiger partial charge in [0.05, 0.1) is 11.3 Å². The van der Waals surface area contributed by atoms with Crippen molar-refractivity contribution < 1.29 is 19.0 Å². The lowest BCUT2D eigenvalue weighted by Crippen LogP contribution is -2.67. The fourth-order valence-electron chi connectivity index (χ4n) is 2.94. The first-order valence-corrected chi connectivity index (χ1v) is 9.01. The molecule has 3 rings (SSSR count). The van der Waals surface area contributed by atoms with Gasteiger partial charge in [-0.3, -0.25) is 14.4 Å². The van der Waals surface area contributed by atoms with Gasteiger partial charge in [0.2, 0.25) is 5.91 Å². The van der Waals surface area contributed by atoms with E-state index in [1.807, 2.05) is 17.5 Å². The van der Waals surface area contributed by atoms with Gasteiger partial charge in [-0.05, 0) is 17.0 Å². The zero-order valence-corrected chi connectivity index (χ0v) is 14.4. The molecule has 0 saturated carbocycles. The number of β-lactam (4-membered cyclic amide) rings is 1. The summed E-state index contributed by atoms with van der Waals surface area (Å²) in [4.78, 5) is 39.5. The minimum atomic E-state index is -0.954. The Balaban J connectivity index is 1.71. The van der Waals surface area contributed by atoms with Crippen LogP contribution in [0.4, 0.5) is 0 Å². The van der Waals surface area contributed by atoms with Gasteiger partial charge < -0.3 is 9.55 Å². The third-order valence-electron chi connectivity index (χ3n) is 4.16. The van der Waals surface area contributed by atoms with Crippen molar-refractivity contribution in [2.75, 3.05) is 0 Å². The van der Waals surface area contributed by atoms with Gasteiger partial charge in [0.1, 0.15) is 5.78 Å². The van der Waals surface area contributed by atoms with Crippen molar-refractivity contribution in [1.82, 2.24) is 4.90 Å². The average Bonchev–Trinajstić information content (AvgIpc) is 3.07. The third-order valence-corrected chi connectivity index (χ3v) is 6.38. The molecule has 2 aliphatic heterocycles. The van der Waals surface area contributed by atoms with Crippen LogP contribution in [0.3, 0.4) is 0 Å². The highest BCUT2D eigenvalue weighted by atomic mass is 32.2. The van der Waals surface area contributed by atoms with Crippen LogP contribution >= 0.6 is 23.1 Å². The minimum Gasteiger partial charge on any atom is -0.542 e. The number of amides is 1. The number of ketones is 1. The van der Waals surface area contributed by atoms with Crippen molar-refractivity contribution in [1.29, 1.82) is 0 Å². The second-order valence-corrected chi connectivity index (χ2v) is 7.89. The van der Waals surface area contributed by atoms with Crippen LogP contribution in [0.25, 0.3) is 0 Å². The minimum absolute atomic E-state index is 0.00372. The normalized spacial score (nSPS) is 25.9. The van der Waals surface area contributed by atoms with Gasteiger partial charge in [0, 0.05) is 22.6 Å². The summed E-state index contributed by atoms with van der Waals surface area (Å²) in [5.41, 5.74) is 0.406. The maximum Gasteiger partial charge on any atom is 0.378 e. The van der Waals surface area contributed by atoms with E-state index in [9.17, 15) is 14.4 Å². The predicted octanol–water partition coefficient (Wildman–Crippen LogP) is 1.85. The molecule has 1 aromatic rings. The van der Waals surface area contributed by atoms with Crippen LogP contribution in [0.5, 0.6) is 0 Å². The Labute approximate surface area is 149 Å². The van der Waals surface area contributed by atoms with E-state index in [2.05, 4.69) is 17.8 Å². The molecule has 0 aromatic carbocycles. The SMILES string of the molecule is [B]OC(=O)C1C(=C)C(=C)S[C@@H]2[C@H](CC(=O)Cc3cccs3)C(=O)N12. The Bertz CT molecular complexity index is 730. The van der Waals surface area contributed by atoms with Crippen molar-refractivity contribution in [3.8, 4) is 0 Å². The topological polar surface area (TPSA) is 63.7 Å². The number of Topliss-reactive ketones (excluding diaryl/α,β-unsaturated/α-hetero) is 1. The first-order chi connectivity index (χ1) is 11.4. The largest absolute Gasteiger partial charge is 0.542 e. The summed E-state index contributed by atoms with van der Waals surface area (Å²) < 4.78 is 4.29. The molecule has 122 valence electrons. The van der Waals surface area contributed by atoms with Gasteiger partial charge >= 0.3 is 14.0 Å². The van der Waals surface area contributed by atoms with E-state index in [1.54, 1.807) is 0 Å². The third kappa shape index (κ3) is 2.84. The van der Waals surface area contributed by atoms with E-state index in [1.165, 1.54) is 28.0 Å². The lowest BCUT2D eigenvalue weighted by molar-refractivity contribution is -0.162. The smallest absolute Gasteiger partial charge is 0.378 e. The molecule has 2 radical (unpaired) electrons. The number of thiophene rings is 1. The molecule has 0 aliphatic carbocycles. The highest BCUT2D eigenvalue weighted by Crippen LogP contribution is 2.49. The maximum atomic E-state index is 12.5. The number of hydrogen-bond acceptors (Lipinski definition) is 6. The molecule has 24 heavy (non-hydrogen) atoms. The Kier molecular flexibility index (Phi) is 4.69. The highest BCUT2D eigenvalue weighted by Gasteiger charge is 2.56. The average molecular weight is 359 g/mol. The quantitative estimate of drug-likeness (QED) is 0.593. The van der Waals surface area contributed by atoms with Gasteiger partial charge in [-0.2, -0.15) is 0 Å².